The second-order valence-corrected chi connectivity index (χ2v) is 27.1. The number of hydrogen-bond donors (Lipinski definition) is 0. The van der Waals surface area contributed by atoms with Crippen molar-refractivity contribution in [3.05, 3.63) is 287 Å². The topological polar surface area (TPSA) is 130 Å². The van der Waals surface area contributed by atoms with Crippen LogP contribution in [0.25, 0.3) is 177 Å². The molecule has 0 spiro atoms. The Balaban J connectivity index is 0.000000144. The van der Waals surface area contributed by atoms with Crippen molar-refractivity contribution in [3.63, 3.8) is 0 Å². The first-order valence-electron chi connectivity index (χ1n) is 34.8. The van der Waals surface area contributed by atoms with Gasteiger partial charge in [-0.05, 0) is 135 Å². The Labute approximate surface area is 691 Å². The van der Waals surface area contributed by atoms with Gasteiger partial charge in [0.05, 0.1) is 73.6 Å². The summed E-state index contributed by atoms with van der Waals surface area (Å²) in [5.74, 6) is 1.58. The molecule has 0 aliphatic rings. The molecule has 0 bridgehead atoms. The van der Waals surface area contributed by atoms with Crippen LogP contribution in [0.5, 0.6) is 0 Å². The Morgan fingerprint density at radius 1 is 0.248 bits per heavy atom. The number of aromatic nitrogens is 6. The van der Waals surface area contributed by atoms with E-state index in [1.54, 1.807) is 97.1 Å². The second-order valence-electron chi connectivity index (χ2n) is 27.1. The summed E-state index contributed by atoms with van der Waals surface area (Å²) in [5.41, 5.74) is -10.8. The van der Waals surface area contributed by atoms with Crippen LogP contribution in [0.1, 0.15) is 50.1 Å². The summed E-state index contributed by atoms with van der Waals surface area (Å²) >= 11 is 0. The predicted octanol–water partition coefficient (Wildman–Crippen LogP) is 27.1. The first kappa shape index (κ1) is 82.0. The van der Waals surface area contributed by atoms with Gasteiger partial charge in [0, 0.05) is 110 Å². The van der Waals surface area contributed by atoms with E-state index in [9.17, 15) is 65.9 Å². The third-order valence-corrected chi connectivity index (χ3v) is 20.2. The van der Waals surface area contributed by atoms with Crippen molar-refractivity contribution in [2.45, 2.75) is 58.6 Å². The van der Waals surface area contributed by atoms with Crippen molar-refractivity contribution in [1.82, 2.24) is 30.6 Å². The number of rotatable bonds is 6. The Morgan fingerprint density at radius 2 is 0.538 bits per heavy atom. The monoisotopic (exact) mass is 2130 g/mol. The van der Waals surface area contributed by atoms with E-state index in [2.05, 4.69) is 73.1 Å². The molecule has 0 saturated heterocycles. The molecule has 0 unspecified atom stereocenters. The van der Waals surface area contributed by atoms with E-state index in [-0.39, 0.29) is 117 Å². The molecule has 19 rings (SSSR count). The molecule has 0 fully saturated rings. The summed E-state index contributed by atoms with van der Waals surface area (Å²) in [7, 11) is 0. The molecule has 117 heavy (non-hydrogen) atoms. The Bertz CT molecular complexity index is 6880. The van der Waals surface area contributed by atoms with Crippen molar-refractivity contribution in [3.8, 4) is 68.3 Å². The van der Waals surface area contributed by atoms with Crippen molar-refractivity contribution >= 4 is 109 Å². The standard InChI is InChI=1S/C31H16F9N2O.C30H17F6N2O.C28H15N2O2.3Ir/c1-14-15(2)24(29(32,33)34)26(31(38,39)40)25(30(35,36)37)23(14)28-20-12-17-8-4-3-7-16(17)11-19(20)27(41-42-28)22-13-18-9-5-6-10-21(18)43-22;1-15-16(2)26(23(30(34,35)36)14-22(15)29(31,32)33)28-21-12-18-8-4-3-7-17(18)11-20(21)27(37-38-28)25-13-19-9-5-6-10-24(19)39-25;1-2-8-18-14-22-21(13-17(18)7-1)27(25-15-19-9-3-5-11-23(19)31-25)29-30-28(22)26-16-20-10-4-6-12-24(20)32-26;;;/h3-12H,1-2H3;3-12,14H,1-2H3;1-15H;;;/q3*-1;;;. The van der Waals surface area contributed by atoms with Gasteiger partial charge in [0.15, 0.2) is 5.76 Å². The minimum Gasteiger partial charge on any atom is -0.518 e. The normalized spacial score (nSPS) is 12.2. The van der Waals surface area contributed by atoms with Crippen LogP contribution in [0, 0.1) is 45.9 Å². The summed E-state index contributed by atoms with van der Waals surface area (Å²) in [6, 6.07) is 74.3. The average molecular weight is 2130 g/mol. The zero-order chi connectivity index (χ0) is 79.8. The van der Waals surface area contributed by atoms with Crippen LogP contribution >= 0.6 is 0 Å². The number of nitrogens with zero attached hydrogens (tertiary/aromatic N) is 6. The quantitative estimate of drug-likeness (QED) is 0.0901. The smallest absolute Gasteiger partial charge is 0.417 e. The maximum Gasteiger partial charge on any atom is 0.417 e. The van der Waals surface area contributed by atoms with Gasteiger partial charge in [0.2, 0.25) is 0 Å². The molecule has 7 heterocycles. The van der Waals surface area contributed by atoms with Crippen molar-refractivity contribution < 1.29 is 144 Å². The second kappa shape index (κ2) is 30.8. The molecule has 0 saturated carbocycles. The van der Waals surface area contributed by atoms with Crippen LogP contribution < -0.4 is 0 Å². The number of halogens is 15. The van der Waals surface area contributed by atoms with Crippen LogP contribution in [0.15, 0.2) is 236 Å². The predicted molar refractivity (Wildman–Crippen MR) is 403 cm³/mol. The summed E-state index contributed by atoms with van der Waals surface area (Å²) < 4.78 is 236. The largest absolute Gasteiger partial charge is 0.518 e. The fraction of sp³-hybridized carbons (Fsp3) is 0.101. The number of benzene rings is 12. The fourth-order valence-corrected chi connectivity index (χ4v) is 14.7. The maximum absolute atomic E-state index is 14.6. The first-order chi connectivity index (χ1) is 54.3. The molecule has 0 amide bonds. The van der Waals surface area contributed by atoms with Crippen LogP contribution in [-0.2, 0) is 91.2 Å². The molecule has 593 valence electrons. The molecule has 0 N–H and O–H groups in total. The van der Waals surface area contributed by atoms with E-state index >= 15 is 0 Å². The minimum atomic E-state index is -6.01. The molecular formula is C89H48F15Ir3N6O4-3. The molecule has 0 aliphatic heterocycles. The van der Waals surface area contributed by atoms with Crippen LogP contribution in [0.3, 0.4) is 0 Å². The number of fused-ring (bicyclic) bond motifs is 10. The summed E-state index contributed by atoms with van der Waals surface area (Å²) in [5, 5.41) is 36.4. The van der Waals surface area contributed by atoms with Gasteiger partial charge in [-0.2, -0.15) is 96.4 Å². The van der Waals surface area contributed by atoms with Gasteiger partial charge in [-0.3, -0.25) is 0 Å². The molecule has 7 aromatic heterocycles. The van der Waals surface area contributed by atoms with Crippen molar-refractivity contribution in [1.29, 1.82) is 0 Å². The summed E-state index contributed by atoms with van der Waals surface area (Å²) in [6.45, 7) is 4.01. The van der Waals surface area contributed by atoms with E-state index in [1.807, 2.05) is 84.9 Å². The van der Waals surface area contributed by atoms with E-state index in [0.717, 1.165) is 62.7 Å². The Morgan fingerprint density at radius 3 is 0.880 bits per heavy atom. The van der Waals surface area contributed by atoms with Gasteiger partial charge in [0.25, 0.3) is 0 Å². The number of furan rings is 4. The van der Waals surface area contributed by atoms with E-state index in [4.69, 9.17) is 17.7 Å². The zero-order valence-corrected chi connectivity index (χ0v) is 67.5. The van der Waals surface area contributed by atoms with Gasteiger partial charge >= 0.3 is 30.9 Å². The Kier molecular flexibility index (Phi) is 21.6. The number of hydrogen-bond acceptors (Lipinski definition) is 10. The molecule has 28 heteroatoms. The molecule has 0 aliphatic carbocycles. The molecule has 19 aromatic rings. The minimum absolute atomic E-state index is 0. The summed E-state index contributed by atoms with van der Waals surface area (Å²) in [4.78, 5) is 0. The van der Waals surface area contributed by atoms with Gasteiger partial charge in [-0.25, -0.2) is 0 Å². The molecular weight excluding hydrogens is 2080 g/mol. The van der Waals surface area contributed by atoms with Crippen molar-refractivity contribution in [2.75, 3.05) is 0 Å². The third kappa shape index (κ3) is 15.0. The SMILES string of the molecule is Cc1c(C(F)(F)F)cc(C(F)(F)F)c(-c2nnc(-c3[c-]c4ccccc4o3)c3cc4ccccc4cc23)c1C.Cc1c(C)c(C(F)(F)F)c(C(F)(F)F)c(C(F)(F)F)c1-c1nnc(-c2[c-]c3ccccc3o2)c2cc3ccccc3cc12.[Ir].[Ir].[Ir].[c-]1c(-c2nnc(-c3cc4ccccc4o3)c3cc4ccccc4cc23)oc2ccccc12. The zero-order valence-electron chi connectivity index (χ0n) is 60.3. The van der Waals surface area contributed by atoms with Gasteiger partial charge in [-0.1, -0.05) is 164 Å². The number of alkyl halides is 15. The molecule has 0 atom stereocenters. The van der Waals surface area contributed by atoms with Gasteiger partial charge in [-0.15, -0.1) is 52.6 Å². The van der Waals surface area contributed by atoms with E-state index < -0.39 is 86.6 Å². The maximum atomic E-state index is 14.6. The molecule has 12 aromatic carbocycles. The van der Waals surface area contributed by atoms with Crippen molar-refractivity contribution in [2.24, 2.45) is 0 Å². The first-order valence-corrected chi connectivity index (χ1v) is 34.8. The molecule has 3 radical (unpaired) electrons. The van der Waals surface area contributed by atoms with Gasteiger partial charge in [0.1, 0.15) is 11.3 Å². The van der Waals surface area contributed by atoms with E-state index in [1.165, 1.54) is 13.0 Å². The van der Waals surface area contributed by atoms with Crippen LogP contribution in [0.4, 0.5) is 65.9 Å². The fourth-order valence-electron chi connectivity index (χ4n) is 14.7. The summed E-state index contributed by atoms with van der Waals surface area (Å²) in [6.07, 6.45) is -27.6. The van der Waals surface area contributed by atoms with E-state index in [0.29, 0.717) is 78.7 Å². The van der Waals surface area contributed by atoms with Crippen LogP contribution in [-0.4, -0.2) is 30.6 Å². The van der Waals surface area contributed by atoms with Crippen LogP contribution in [0.2, 0.25) is 0 Å². The third-order valence-electron chi connectivity index (χ3n) is 20.2. The number of para-hydroxylation sites is 4. The average Bonchev–Trinajstić information content (AvgIpc) is 1.06. The molecule has 10 nitrogen and oxygen atoms in total. The van der Waals surface area contributed by atoms with Gasteiger partial charge < -0.3 is 17.7 Å². The Hall–Kier alpha value is -11.5.